The van der Waals surface area contributed by atoms with Crippen molar-refractivity contribution in [2.24, 2.45) is 0 Å². The standard InChI is InChI=1S/C35H48N2O2/c1-7-34(29-14-12-28(6)13-15-29)35(30-16-20-32(21-17-30)38-26-24-36(8-2)9-3)31-18-22-33(23-19-31)39-27-25-37(10-4)11-5/h12-23H,7-11,24-27H2,1-6H3. The van der Waals surface area contributed by atoms with Crippen LogP contribution in [0, 0.1) is 6.92 Å². The summed E-state index contributed by atoms with van der Waals surface area (Å²) >= 11 is 0. The van der Waals surface area contributed by atoms with Gasteiger partial charge in [-0.2, -0.15) is 0 Å². The van der Waals surface area contributed by atoms with Gasteiger partial charge in [-0.05, 0) is 91.6 Å². The van der Waals surface area contributed by atoms with E-state index < -0.39 is 0 Å². The highest BCUT2D eigenvalue weighted by Gasteiger charge is 2.14. The molecule has 0 aromatic heterocycles. The first kappa shape index (κ1) is 30.5. The van der Waals surface area contributed by atoms with E-state index in [2.05, 4.69) is 124 Å². The van der Waals surface area contributed by atoms with Crippen LogP contribution in [0.25, 0.3) is 11.1 Å². The molecule has 0 unspecified atom stereocenters. The molecule has 0 radical (unpaired) electrons. The van der Waals surface area contributed by atoms with Gasteiger partial charge < -0.3 is 19.3 Å². The number of aryl methyl sites for hydroxylation is 1. The molecule has 0 aliphatic rings. The number of rotatable bonds is 16. The van der Waals surface area contributed by atoms with Gasteiger partial charge in [0.25, 0.3) is 0 Å². The van der Waals surface area contributed by atoms with Gasteiger partial charge in [-0.25, -0.2) is 0 Å². The molecule has 0 saturated heterocycles. The van der Waals surface area contributed by atoms with E-state index in [0.29, 0.717) is 13.2 Å². The largest absolute Gasteiger partial charge is 0.492 e. The molecule has 0 heterocycles. The van der Waals surface area contributed by atoms with E-state index in [0.717, 1.165) is 57.2 Å². The average Bonchev–Trinajstić information content (AvgIpc) is 2.98. The highest BCUT2D eigenvalue weighted by Crippen LogP contribution is 2.35. The fraction of sp³-hybridized carbons (Fsp3) is 0.429. The SMILES string of the molecule is CCC(=C(c1ccc(OCCN(CC)CC)cc1)c1ccc(OCCN(CC)CC)cc1)c1ccc(C)cc1. The fourth-order valence-electron chi connectivity index (χ4n) is 4.90. The van der Waals surface area contributed by atoms with Crippen molar-refractivity contribution in [1.29, 1.82) is 0 Å². The van der Waals surface area contributed by atoms with Gasteiger partial charge in [0.05, 0.1) is 0 Å². The lowest BCUT2D eigenvalue weighted by molar-refractivity contribution is 0.223. The van der Waals surface area contributed by atoms with Gasteiger partial charge in [0.1, 0.15) is 24.7 Å². The Hall–Kier alpha value is -3.08. The Labute approximate surface area is 237 Å². The van der Waals surface area contributed by atoms with E-state index in [-0.39, 0.29) is 0 Å². The summed E-state index contributed by atoms with van der Waals surface area (Å²) in [5.74, 6) is 1.83. The van der Waals surface area contributed by atoms with Crippen LogP contribution >= 0.6 is 0 Å². The van der Waals surface area contributed by atoms with Crippen LogP contribution in [0.5, 0.6) is 11.5 Å². The smallest absolute Gasteiger partial charge is 0.119 e. The molecule has 0 bridgehead atoms. The first-order valence-electron chi connectivity index (χ1n) is 14.7. The first-order chi connectivity index (χ1) is 19.0. The Morgan fingerprint density at radius 2 is 0.923 bits per heavy atom. The second kappa shape index (κ2) is 16.1. The van der Waals surface area contributed by atoms with Gasteiger partial charge in [-0.1, -0.05) is 88.7 Å². The van der Waals surface area contributed by atoms with Gasteiger partial charge >= 0.3 is 0 Å². The number of likely N-dealkylation sites (N-methyl/N-ethyl adjacent to an activating group) is 2. The van der Waals surface area contributed by atoms with Crippen LogP contribution in [0.3, 0.4) is 0 Å². The van der Waals surface area contributed by atoms with Crippen molar-refractivity contribution in [2.75, 3.05) is 52.5 Å². The molecule has 0 N–H and O–H groups in total. The van der Waals surface area contributed by atoms with E-state index in [4.69, 9.17) is 9.47 Å². The quantitative estimate of drug-likeness (QED) is 0.177. The van der Waals surface area contributed by atoms with Crippen molar-refractivity contribution in [1.82, 2.24) is 9.80 Å². The third kappa shape index (κ3) is 8.98. The molecule has 4 nitrogen and oxygen atoms in total. The van der Waals surface area contributed by atoms with Crippen molar-refractivity contribution in [3.05, 3.63) is 95.1 Å². The van der Waals surface area contributed by atoms with E-state index in [9.17, 15) is 0 Å². The maximum atomic E-state index is 6.07. The Balaban J connectivity index is 1.88. The van der Waals surface area contributed by atoms with Gasteiger partial charge in [0, 0.05) is 13.1 Å². The lowest BCUT2D eigenvalue weighted by atomic mass is 9.88. The number of allylic oxidation sites excluding steroid dienone is 1. The third-order valence-corrected chi connectivity index (χ3v) is 7.48. The molecule has 3 aromatic carbocycles. The Bertz CT molecular complexity index is 1060. The monoisotopic (exact) mass is 528 g/mol. The Morgan fingerprint density at radius 1 is 0.538 bits per heavy atom. The van der Waals surface area contributed by atoms with Gasteiger partial charge in [0.2, 0.25) is 0 Å². The maximum Gasteiger partial charge on any atom is 0.119 e. The molecule has 0 amide bonds. The minimum atomic E-state index is 0.697. The summed E-state index contributed by atoms with van der Waals surface area (Å²) in [5.41, 5.74) is 7.51. The summed E-state index contributed by atoms with van der Waals surface area (Å²) < 4.78 is 12.1. The molecule has 0 aliphatic carbocycles. The molecule has 0 fully saturated rings. The zero-order valence-corrected chi connectivity index (χ0v) is 25.0. The Morgan fingerprint density at radius 3 is 1.28 bits per heavy atom. The molecule has 4 heteroatoms. The van der Waals surface area contributed by atoms with Crippen LogP contribution in [0.4, 0.5) is 0 Å². The van der Waals surface area contributed by atoms with E-state index in [1.165, 1.54) is 33.4 Å². The normalized spacial score (nSPS) is 11.2. The highest BCUT2D eigenvalue weighted by atomic mass is 16.5. The molecule has 0 atom stereocenters. The Kier molecular flexibility index (Phi) is 12.6. The predicted molar refractivity (Wildman–Crippen MR) is 167 cm³/mol. The van der Waals surface area contributed by atoms with Gasteiger partial charge in [-0.15, -0.1) is 0 Å². The van der Waals surface area contributed by atoms with Crippen molar-refractivity contribution < 1.29 is 9.47 Å². The van der Waals surface area contributed by atoms with Gasteiger partial charge in [-0.3, -0.25) is 0 Å². The molecule has 3 rings (SSSR count). The molecular formula is C35H48N2O2. The number of benzene rings is 3. The summed E-state index contributed by atoms with van der Waals surface area (Å²) in [7, 11) is 0. The second-order valence-electron chi connectivity index (χ2n) is 9.87. The van der Waals surface area contributed by atoms with Crippen molar-refractivity contribution in [3.8, 4) is 11.5 Å². The summed E-state index contributed by atoms with van der Waals surface area (Å²) in [6.07, 6.45) is 0.933. The summed E-state index contributed by atoms with van der Waals surface area (Å²) in [5, 5.41) is 0. The molecule has 0 spiro atoms. The summed E-state index contributed by atoms with van der Waals surface area (Å²) in [4.78, 5) is 4.75. The number of nitrogens with zero attached hydrogens (tertiary/aromatic N) is 2. The fourth-order valence-corrected chi connectivity index (χ4v) is 4.90. The first-order valence-corrected chi connectivity index (χ1v) is 14.7. The van der Waals surface area contributed by atoms with E-state index >= 15 is 0 Å². The summed E-state index contributed by atoms with van der Waals surface area (Å²) in [6, 6.07) is 26.1. The number of hydrogen-bond donors (Lipinski definition) is 0. The average molecular weight is 529 g/mol. The lowest BCUT2D eigenvalue weighted by Gasteiger charge is -2.19. The van der Waals surface area contributed by atoms with Crippen molar-refractivity contribution in [2.45, 2.75) is 48.0 Å². The molecular weight excluding hydrogens is 480 g/mol. The maximum absolute atomic E-state index is 6.07. The van der Waals surface area contributed by atoms with Crippen molar-refractivity contribution in [3.63, 3.8) is 0 Å². The highest BCUT2D eigenvalue weighted by molar-refractivity contribution is 5.98. The van der Waals surface area contributed by atoms with Crippen LogP contribution < -0.4 is 9.47 Å². The van der Waals surface area contributed by atoms with Gasteiger partial charge in [0.15, 0.2) is 0 Å². The number of ether oxygens (including phenoxy) is 2. The van der Waals surface area contributed by atoms with Crippen LogP contribution in [-0.4, -0.2) is 62.3 Å². The molecule has 39 heavy (non-hydrogen) atoms. The minimum Gasteiger partial charge on any atom is -0.492 e. The molecule has 210 valence electrons. The second-order valence-corrected chi connectivity index (χ2v) is 9.87. The molecule has 0 saturated carbocycles. The van der Waals surface area contributed by atoms with Crippen LogP contribution in [0.15, 0.2) is 72.8 Å². The zero-order chi connectivity index (χ0) is 28.0. The predicted octanol–water partition coefficient (Wildman–Crippen LogP) is 7.81. The van der Waals surface area contributed by atoms with Crippen molar-refractivity contribution >= 4 is 11.1 Å². The van der Waals surface area contributed by atoms with Crippen LogP contribution in [0.2, 0.25) is 0 Å². The van der Waals surface area contributed by atoms with E-state index in [1.54, 1.807) is 0 Å². The minimum absolute atomic E-state index is 0.697. The third-order valence-electron chi connectivity index (χ3n) is 7.48. The zero-order valence-electron chi connectivity index (χ0n) is 25.0. The summed E-state index contributed by atoms with van der Waals surface area (Å²) in [6.45, 7) is 20.6. The molecule has 3 aromatic rings. The number of hydrogen-bond acceptors (Lipinski definition) is 4. The topological polar surface area (TPSA) is 24.9 Å². The van der Waals surface area contributed by atoms with Crippen LogP contribution in [0.1, 0.15) is 63.3 Å². The lowest BCUT2D eigenvalue weighted by Crippen LogP contribution is -2.27. The van der Waals surface area contributed by atoms with Crippen LogP contribution in [-0.2, 0) is 0 Å². The molecule has 0 aliphatic heterocycles. The van der Waals surface area contributed by atoms with E-state index in [1.807, 2.05) is 0 Å².